The first-order chi connectivity index (χ1) is 11.2. The van der Waals surface area contributed by atoms with Crippen LogP contribution in [0.2, 0.25) is 0 Å². The third-order valence-electron chi connectivity index (χ3n) is 3.09. The first-order valence-electron chi connectivity index (χ1n) is 7.02. The fourth-order valence-corrected chi connectivity index (χ4v) is 1.97. The normalized spacial score (nSPS) is 9.83. The summed E-state index contributed by atoms with van der Waals surface area (Å²) in [6.45, 7) is 3.98. The number of hydrogen-bond donors (Lipinski definition) is 2. The summed E-state index contributed by atoms with van der Waals surface area (Å²) < 4.78 is 10.5. The molecule has 120 valence electrons. The van der Waals surface area contributed by atoms with Crippen molar-refractivity contribution in [2.75, 3.05) is 26.1 Å². The second kappa shape index (κ2) is 7.84. The average molecular weight is 313 g/mol. The SMILES string of the molecule is C=CCNC(=O)c1ccnc(Nc2ccc(OC)c(OC)c2)c1. The van der Waals surface area contributed by atoms with Gasteiger partial charge in [0.05, 0.1) is 14.2 Å². The van der Waals surface area contributed by atoms with Crippen molar-refractivity contribution >= 4 is 17.4 Å². The van der Waals surface area contributed by atoms with E-state index in [0.29, 0.717) is 29.4 Å². The number of nitrogens with one attached hydrogen (secondary N) is 2. The Hall–Kier alpha value is -3.02. The molecule has 0 saturated heterocycles. The molecule has 1 amide bonds. The van der Waals surface area contributed by atoms with Crippen LogP contribution in [0.25, 0.3) is 0 Å². The van der Waals surface area contributed by atoms with Crippen LogP contribution in [0.5, 0.6) is 11.5 Å². The Labute approximate surface area is 135 Å². The van der Waals surface area contributed by atoms with Crippen LogP contribution in [0.4, 0.5) is 11.5 Å². The van der Waals surface area contributed by atoms with Gasteiger partial charge in [0.1, 0.15) is 5.82 Å². The molecule has 2 rings (SSSR count). The van der Waals surface area contributed by atoms with Crippen molar-refractivity contribution < 1.29 is 14.3 Å². The third-order valence-corrected chi connectivity index (χ3v) is 3.09. The molecule has 0 atom stereocenters. The Bertz CT molecular complexity index is 701. The molecule has 1 heterocycles. The van der Waals surface area contributed by atoms with Gasteiger partial charge in [0.15, 0.2) is 11.5 Å². The number of carbonyl (C=O) groups is 1. The summed E-state index contributed by atoms with van der Waals surface area (Å²) in [5.41, 5.74) is 1.30. The number of anilines is 2. The summed E-state index contributed by atoms with van der Waals surface area (Å²) in [6, 6.07) is 8.76. The molecule has 2 N–H and O–H groups in total. The largest absolute Gasteiger partial charge is 0.493 e. The Balaban J connectivity index is 2.17. The quantitative estimate of drug-likeness (QED) is 0.769. The summed E-state index contributed by atoms with van der Waals surface area (Å²) in [7, 11) is 3.16. The van der Waals surface area contributed by atoms with E-state index in [1.165, 1.54) is 0 Å². The highest BCUT2D eigenvalue weighted by Crippen LogP contribution is 2.30. The summed E-state index contributed by atoms with van der Waals surface area (Å²) in [5.74, 6) is 1.63. The lowest BCUT2D eigenvalue weighted by Gasteiger charge is -2.11. The van der Waals surface area contributed by atoms with Crippen LogP contribution in [0.3, 0.4) is 0 Å². The minimum Gasteiger partial charge on any atom is -0.493 e. The topological polar surface area (TPSA) is 72.5 Å². The van der Waals surface area contributed by atoms with Crippen LogP contribution in [-0.2, 0) is 0 Å². The van der Waals surface area contributed by atoms with Crippen LogP contribution < -0.4 is 20.1 Å². The maximum absolute atomic E-state index is 11.9. The van der Waals surface area contributed by atoms with Gasteiger partial charge in [-0.25, -0.2) is 4.98 Å². The zero-order valence-corrected chi connectivity index (χ0v) is 13.1. The number of rotatable bonds is 7. The van der Waals surface area contributed by atoms with Crippen LogP contribution in [-0.4, -0.2) is 31.7 Å². The zero-order chi connectivity index (χ0) is 16.7. The van der Waals surface area contributed by atoms with Gasteiger partial charge in [0.25, 0.3) is 5.91 Å². The molecule has 2 aromatic rings. The summed E-state index contributed by atoms with van der Waals surface area (Å²) in [6.07, 6.45) is 3.20. The molecule has 0 saturated carbocycles. The van der Waals surface area contributed by atoms with Crippen molar-refractivity contribution in [3.8, 4) is 11.5 Å². The zero-order valence-electron chi connectivity index (χ0n) is 13.1. The number of amides is 1. The molecule has 0 bridgehead atoms. The van der Waals surface area contributed by atoms with Crippen LogP contribution in [0.1, 0.15) is 10.4 Å². The van der Waals surface area contributed by atoms with Gasteiger partial charge in [-0.15, -0.1) is 6.58 Å². The molecule has 1 aromatic heterocycles. The van der Waals surface area contributed by atoms with Crippen molar-refractivity contribution in [2.45, 2.75) is 0 Å². The van der Waals surface area contributed by atoms with Gasteiger partial charge in [-0.3, -0.25) is 4.79 Å². The Morgan fingerprint density at radius 1 is 1.22 bits per heavy atom. The van der Waals surface area contributed by atoms with E-state index in [1.807, 2.05) is 6.07 Å². The monoisotopic (exact) mass is 313 g/mol. The first-order valence-corrected chi connectivity index (χ1v) is 7.02. The van der Waals surface area contributed by atoms with Gasteiger partial charge < -0.3 is 20.1 Å². The lowest BCUT2D eigenvalue weighted by molar-refractivity contribution is 0.0958. The smallest absolute Gasteiger partial charge is 0.251 e. The maximum Gasteiger partial charge on any atom is 0.251 e. The highest BCUT2D eigenvalue weighted by molar-refractivity contribution is 5.95. The predicted octanol–water partition coefficient (Wildman–Crippen LogP) is 2.76. The Morgan fingerprint density at radius 2 is 2.00 bits per heavy atom. The van der Waals surface area contributed by atoms with E-state index in [2.05, 4.69) is 22.2 Å². The Morgan fingerprint density at radius 3 is 2.70 bits per heavy atom. The predicted molar refractivity (Wildman–Crippen MR) is 89.6 cm³/mol. The highest BCUT2D eigenvalue weighted by Gasteiger charge is 2.08. The number of hydrogen-bond acceptors (Lipinski definition) is 5. The molecule has 1 aromatic carbocycles. The molecule has 23 heavy (non-hydrogen) atoms. The molecular weight excluding hydrogens is 294 g/mol. The molecule has 6 nitrogen and oxygen atoms in total. The van der Waals surface area contributed by atoms with Gasteiger partial charge >= 0.3 is 0 Å². The number of benzene rings is 1. The van der Waals surface area contributed by atoms with Crippen molar-refractivity contribution in [1.82, 2.24) is 10.3 Å². The lowest BCUT2D eigenvalue weighted by atomic mass is 10.2. The second-order valence-corrected chi connectivity index (χ2v) is 4.62. The van der Waals surface area contributed by atoms with Gasteiger partial charge in [-0.1, -0.05) is 6.08 Å². The highest BCUT2D eigenvalue weighted by atomic mass is 16.5. The van der Waals surface area contributed by atoms with E-state index in [4.69, 9.17) is 9.47 Å². The van der Waals surface area contributed by atoms with E-state index in [-0.39, 0.29) is 5.91 Å². The van der Waals surface area contributed by atoms with Gasteiger partial charge in [-0.05, 0) is 24.3 Å². The van der Waals surface area contributed by atoms with Gasteiger partial charge in [0.2, 0.25) is 0 Å². The number of aromatic nitrogens is 1. The van der Waals surface area contributed by atoms with Crippen LogP contribution in [0, 0.1) is 0 Å². The molecule has 0 spiro atoms. The molecule has 6 heteroatoms. The standard InChI is InChI=1S/C17H19N3O3/c1-4-8-19-17(21)12-7-9-18-16(10-12)20-13-5-6-14(22-2)15(11-13)23-3/h4-7,9-11H,1,8H2,2-3H3,(H,18,20)(H,19,21). The van der Waals surface area contributed by atoms with E-state index in [1.54, 1.807) is 50.8 Å². The number of carbonyl (C=O) groups excluding carboxylic acids is 1. The summed E-state index contributed by atoms with van der Waals surface area (Å²) >= 11 is 0. The third kappa shape index (κ3) is 4.23. The lowest BCUT2D eigenvalue weighted by Crippen LogP contribution is -2.23. The minimum absolute atomic E-state index is 0.178. The second-order valence-electron chi connectivity index (χ2n) is 4.62. The number of methoxy groups -OCH3 is 2. The number of ether oxygens (including phenoxy) is 2. The van der Waals surface area contributed by atoms with Crippen molar-refractivity contribution in [3.63, 3.8) is 0 Å². The fourth-order valence-electron chi connectivity index (χ4n) is 1.97. The minimum atomic E-state index is -0.178. The molecule has 0 aliphatic carbocycles. The van der Waals surface area contributed by atoms with E-state index >= 15 is 0 Å². The van der Waals surface area contributed by atoms with Crippen molar-refractivity contribution in [3.05, 3.63) is 54.7 Å². The number of pyridine rings is 1. The van der Waals surface area contributed by atoms with Crippen molar-refractivity contribution in [2.24, 2.45) is 0 Å². The molecular formula is C17H19N3O3. The van der Waals surface area contributed by atoms with Crippen molar-refractivity contribution in [1.29, 1.82) is 0 Å². The van der Waals surface area contributed by atoms with E-state index in [0.717, 1.165) is 5.69 Å². The van der Waals surface area contributed by atoms with Crippen LogP contribution in [0.15, 0.2) is 49.2 Å². The molecule has 0 fully saturated rings. The Kier molecular flexibility index (Phi) is 5.57. The molecule has 0 radical (unpaired) electrons. The fraction of sp³-hybridized carbons (Fsp3) is 0.176. The van der Waals surface area contributed by atoms with Crippen LogP contribution >= 0.6 is 0 Å². The van der Waals surface area contributed by atoms with E-state index in [9.17, 15) is 4.79 Å². The molecule has 0 aliphatic rings. The molecule has 0 aliphatic heterocycles. The first kappa shape index (κ1) is 16.4. The summed E-state index contributed by atoms with van der Waals surface area (Å²) in [5, 5.41) is 5.86. The van der Waals surface area contributed by atoms with Gasteiger partial charge in [0, 0.05) is 30.1 Å². The summed E-state index contributed by atoms with van der Waals surface area (Å²) in [4.78, 5) is 16.2. The average Bonchev–Trinajstić information content (AvgIpc) is 2.59. The van der Waals surface area contributed by atoms with E-state index < -0.39 is 0 Å². The molecule has 0 unspecified atom stereocenters. The maximum atomic E-state index is 11.9. The number of nitrogens with zero attached hydrogens (tertiary/aromatic N) is 1. The van der Waals surface area contributed by atoms with Gasteiger partial charge in [-0.2, -0.15) is 0 Å².